The molecule has 1 aliphatic heterocycles. The molecule has 11 heteroatoms. The van der Waals surface area contributed by atoms with E-state index in [9.17, 15) is 0 Å². The van der Waals surface area contributed by atoms with Crippen molar-refractivity contribution >= 4 is 34.3 Å². The molecule has 5 aromatic rings. The van der Waals surface area contributed by atoms with Crippen molar-refractivity contribution in [2.45, 2.75) is 63.3 Å². The van der Waals surface area contributed by atoms with Crippen LogP contribution in [-0.4, -0.2) is 62.2 Å². The van der Waals surface area contributed by atoms with Gasteiger partial charge in [0, 0.05) is 69.5 Å². The number of ether oxygens (including phenoxy) is 4. The highest BCUT2D eigenvalue weighted by molar-refractivity contribution is 7.99. The fourth-order valence-electron chi connectivity index (χ4n) is 6.48. The molecule has 2 aromatic heterocycles. The zero-order chi connectivity index (χ0) is 36.2. The number of hydrogen-bond donors (Lipinski definition) is 1. The number of anilines is 2. The molecule has 2 aliphatic rings. The predicted molar refractivity (Wildman–Crippen MR) is 208 cm³/mol. The van der Waals surface area contributed by atoms with Gasteiger partial charge in [-0.1, -0.05) is 45.0 Å². The molecule has 10 nitrogen and oxygen atoms in total. The number of fused-ring (bicyclic) bond motifs is 2. The van der Waals surface area contributed by atoms with Gasteiger partial charge in [-0.15, -0.1) is 0 Å². The van der Waals surface area contributed by atoms with Gasteiger partial charge in [-0.05, 0) is 77.4 Å². The molecule has 1 saturated carbocycles. The molecule has 3 heterocycles. The zero-order valence-electron chi connectivity index (χ0n) is 31.1. The molecule has 3 aromatic carbocycles. The lowest BCUT2D eigenvalue weighted by molar-refractivity contribution is 0.174. The van der Waals surface area contributed by atoms with Crippen molar-refractivity contribution in [3.05, 3.63) is 84.1 Å². The first kappa shape index (κ1) is 35.8. The maximum absolute atomic E-state index is 5.87. The Labute approximate surface area is 311 Å². The highest BCUT2D eigenvalue weighted by atomic mass is 32.2. The van der Waals surface area contributed by atoms with Gasteiger partial charge in [-0.3, -0.25) is 0 Å². The molecule has 0 bridgehead atoms. The van der Waals surface area contributed by atoms with Crippen LogP contribution in [0.25, 0.3) is 11.0 Å². The van der Waals surface area contributed by atoms with Gasteiger partial charge in [-0.2, -0.15) is 0 Å². The lowest BCUT2D eigenvalue weighted by Gasteiger charge is -2.24. The molecule has 1 fully saturated rings. The van der Waals surface area contributed by atoms with Crippen molar-refractivity contribution in [1.29, 1.82) is 0 Å². The van der Waals surface area contributed by atoms with E-state index in [2.05, 4.69) is 90.0 Å². The van der Waals surface area contributed by atoms with Gasteiger partial charge in [0.1, 0.15) is 17.0 Å². The standard InChI is InChI=1S/C41H50N6O4S/c1-41(2,3)26-42-19-20-47-33-17-18-43-39(46(24-29-9-13-31(48-5)14-10-29)25-30-11-15-32(49-6)16-12-30)38(33)44-40(47)52-37-22-36-35(50-27-51-36)21-34(37)45(4)23-28-7-8-28/h9-18,21-22,28,42H,7-8,19-20,23-27H2,1-6H3. The van der Waals surface area contributed by atoms with Crippen LogP contribution < -0.4 is 34.1 Å². The summed E-state index contributed by atoms with van der Waals surface area (Å²) >= 11 is 1.68. The monoisotopic (exact) mass is 722 g/mol. The molecule has 0 amide bonds. The lowest BCUT2D eigenvalue weighted by Crippen LogP contribution is -2.29. The minimum Gasteiger partial charge on any atom is -0.497 e. The van der Waals surface area contributed by atoms with Crippen LogP contribution in [0.1, 0.15) is 44.7 Å². The maximum atomic E-state index is 5.87. The van der Waals surface area contributed by atoms with Gasteiger partial charge < -0.3 is 38.6 Å². The Balaban J connectivity index is 1.29. The van der Waals surface area contributed by atoms with Gasteiger partial charge in [0.25, 0.3) is 0 Å². The highest BCUT2D eigenvalue weighted by Gasteiger charge is 2.27. The molecular weight excluding hydrogens is 673 g/mol. The first-order valence-corrected chi connectivity index (χ1v) is 18.9. The number of imidazole rings is 1. The van der Waals surface area contributed by atoms with Gasteiger partial charge in [-0.25, -0.2) is 9.97 Å². The second-order valence-corrected chi connectivity index (χ2v) is 15.9. The largest absolute Gasteiger partial charge is 0.497 e. The Morgan fingerprint density at radius 2 is 1.54 bits per heavy atom. The third-order valence-corrected chi connectivity index (χ3v) is 10.5. The van der Waals surface area contributed by atoms with Gasteiger partial charge in [0.05, 0.1) is 25.4 Å². The molecule has 0 atom stereocenters. The van der Waals surface area contributed by atoms with E-state index in [1.165, 1.54) is 12.8 Å². The molecule has 0 unspecified atom stereocenters. The second-order valence-electron chi connectivity index (χ2n) is 14.9. The van der Waals surface area contributed by atoms with Crippen LogP contribution in [0.4, 0.5) is 11.5 Å². The van der Waals surface area contributed by atoms with Crippen LogP contribution in [0.3, 0.4) is 0 Å². The van der Waals surface area contributed by atoms with E-state index in [0.29, 0.717) is 13.1 Å². The number of pyridine rings is 1. The Morgan fingerprint density at radius 1 is 0.904 bits per heavy atom. The fourth-order valence-corrected chi connectivity index (χ4v) is 7.60. The number of nitrogens with one attached hydrogen (secondary N) is 1. The van der Waals surface area contributed by atoms with Crippen LogP contribution in [0.2, 0.25) is 0 Å². The quantitative estimate of drug-likeness (QED) is 0.101. The smallest absolute Gasteiger partial charge is 0.231 e. The Hall–Kier alpha value is -4.61. The molecule has 52 heavy (non-hydrogen) atoms. The summed E-state index contributed by atoms with van der Waals surface area (Å²) in [5, 5.41) is 4.60. The van der Waals surface area contributed by atoms with Crippen molar-refractivity contribution in [2.75, 3.05) is 57.5 Å². The zero-order valence-corrected chi connectivity index (χ0v) is 32.0. The van der Waals surface area contributed by atoms with Crippen LogP contribution >= 0.6 is 11.8 Å². The molecule has 1 aliphatic carbocycles. The van der Waals surface area contributed by atoms with Crippen LogP contribution in [0, 0.1) is 11.3 Å². The summed E-state index contributed by atoms with van der Waals surface area (Å²) in [4.78, 5) is 16.2. The summed E-state index contributed by atoms with van der Waals surface area (Å²) < 4.78 is 24.9. The molecule has 0 saturated heterocycles. The van der Waals surface area contributed by atoms with E-state index in [1.54, 1.807) is 26.0 Å². The van der Waals surface area contributed by atoms with Gasteiger partial charge in [0.2, 0.25) is 6.79 Å². The van der Waals surface area contributed by atoms with Crippen LogP contribution in [0.5, 0.6) is 23.0 Å². The number of rotatable bonds is 16. The number of hydrogen-bond acceptors (Lipinski definition) is 10. The number of nitrogens with zero attached hydrogens (tertiary/aromatic N) is 5. The van der Waals surface area contributed by atoms with Gasteiger partial charge in [0.15, 0.2) is 22.5 Å². The summed E-state index contributed by atoms with van der Waals surface area (Å²) in [6, 6.07) is 22.8. The van der Waals surface area contributed by atoms with E-state index < -0.39 is 0 Å². The maximum Gasteiger partial charge on any atom is 0.231 e. The van der Waals surface area contributed by atoms with Crippen molar-refractivity contribution < 1.29 is 18.9 Å². The third-order valence-electron chi connectivity index (χ3n) is 9.44. The van der Waals surface area contributed by atoms with Crippen LogP contribution in [0.15, 0.2) is 83.0 Å². The molecule has 7 rings (SSSR count). The molecule has 274 valence electrons. The van der Waals surface area contributed by atoms with E-state index in [1.807, 2.05) is 30.5 Å². The first-order chi connectivity index (χ1) is 25.2. The number of aromatic nitrogens is 3. The van der Waals surface area contributed by atoms with Crippen molar-refractivity contribution in [3.8, 4) is 23.0 Å². The number of methoxy groups -OCH3 is 2. The molecule has 0 spiro atoms. The van der Waals surface area contributed by atoms with E-state index >= 15 is 0 Å². The number of benzene rings is 3. The summed E-state index contributed by atoms with van der Waals surface area (Å²) in [5.74, 6) is 4.80. The molecule has 0 radical (unpaired) electrons. The lowest BCUT2D eigenvalue weighted by atomic mass is 9.97. The van der Waals surface area contributed by atoms with Crippen molar-refractivity contribution in [2.24, 2.45) is 11.3 Å². The van der Waals surface area contributed by atoms with Crippen molar-refractivity contribution in [1.82, 2.24) is 19.9 Å². The molecule has 1 N–H and O–H groups in total. The normalized spacial score (nSPS) is 13.8. The van der Waals surface area contributed by atoms with E-state index in [0.717, 1.165) is 98.8 Å². The second kappa shape index (κ2) is 15.6. The Morgan fingerprint density at radius 3 is 2.13 bits per heavy atom. The van der Waals surface area contributed by atoms with Crippen LogP contribution in [-0.2, 0) is 19.6 Å². The summed E-state index contributed by atoms with van der Waals surface area (Å²) in [7, 11) is 5.56. The predicted octanol–water partition coefficient (Wildman–Crippen LogP) is 8.02. The summed E-state index contributed by atoms with van der Waals surface area (Å²) in [6.07, 6.45) is 4.49. The van der Waals surface area contributed by atoms with Crippen molar-refractivity contribution in [3.63, 3.8) is 0 Å². The minimum absolute atomic E-state index is 0.183. The SMILES string of the molecule is COc1ccc(CN(Cc2ccc(OC)cc2)c2nccc3c2nc(Sc2cc4c(cc2N(C)CC2CC2)OCO4)n3CCNCC(C)(C)C)cc1. The Bertz CT molecular complexity index is 1920. The van der Waals surface area contributed by atoms with E-state index in [4.69, 9.17) is 28.9 Å². The topological polar surface area (TPSA) is 86.1 Å². The minimum atomic E-state index is 0.183. The average Bonchev–Trinajstić information content (AvgIpc) is 3.71. The summed E-state index contributed by atoms with van der Waals surface area (Å²) in [6.45, 7) is 11.8. The highest BCUT2D eigenvalue weighted by Crippen LogP contribution is 2.46. The van der Waals surface area contributed by atoms with E-state index in [-0.39, 0.29) is 12.2 Å². The summed E-state index contributed by atoms with van der Waals surface area (Å²) in [5.41, 5.74) is 5.53. The molecular formula is C41H50N6O4S. The van der Waals surface area contributed by atoms with Gasteiger partial charge >= 0.3 is 0 Å². The fraction of sp³-hybridized carbons (Fsp3) is 0.415. The Kier molecular flexibility index (Phi) is 10.7. The average molecular weight is 723 g/mol. The first-order valence-electron chi connectivity index (χ1n) is 18.1. The third kappa shape index (κ3) is 8.53.